The van der Waals surface area contributed by atoms with Gasteiger partial charge in [-0.15, -0.1) is 0 Å². The molecule has 0 radical (unpaired) electrons. The molecule has 2 amide bonds. The molecule has 0 aromatic heterocycles. The minimum Gasteiger partial charge on any atom is -0.379 e. The Hall–Kier alpha value is -1.77. The molecule has 0 saturated carbocycles. The summed E-state index contributed by atoms with van der Waals surface area (Å²) in [4.78, 5) is 25.4. The Balaban J connectivity index is 2.07. The van der Waals surface area contributed by atoms with Gasteiger partial charge in [-0.1, -0.05) is 11.6 Å². The van der Waals surface area contributed by atoms with Gasteiger partial charge in [0.2, 0.25) is 31.9 Å². The molecular formula is C17H25ClN4O7S2. The van der Waals surface area contributed by atoms with Crippen molar-refractivity contribution in [1.29, 1.82) is 0 Å². The molecule has 1 fully saturated rings. The van der Waals surface area contributed by atoms with Gasteiger partial charge in [-0.2, -0.15) is 8.61 Å². The second-order valence-electron chi connectivity index (χ2n) is 6.98. The van der Waals surface area contributed by atoms with Crippen LogP contribution in [0.25, 0.3) is 0 Å². The van der Waals surface area contributed by atoms with Crippen LogP contribution in [0.1, 0.15) is 0 Å². The van der Waals surface area contributed by atoms with E-state index >= 15 is 0 Å². The van der Waals surface area contributed by atoms with Crippen molar-refractivity contribution in [2.75, 3.05) is 65.1 Å². The van der Waals surface area contributed by atoms with E-state index in [2.05, 4.69) is 5.32 Å². The van der Waals surface area contributed by atoms with Gasteiger partial charge in [-0.05, 0) is 18.2 Å². The van der Waals surface area contributed by atoms with Crippen LogP contribution in [0.4, 0.5) is 5.69 Å². The van der Waals surface area contributed by atoms with Gasteiger partial charge in [0.05, 0.1) is 37.6 Å². The lowest BCUT2D eigenvalue weighted by Gasteiger charge is -2.26. The quantitative estimate of drug-likeness (QED) is 0.520. The Morgan fingerprint density at radius 3 is 2.32 bits per heavy atom. The highest BCUT2D eigenvalue weighted by Crippen LogP contribution is 2.28. The average Bonchev–Trinajstić information content (AvgIpc) is 2.69. The third-order valence-electron chi connectivity index (χ3n) is 4.53. The van der Waals surface area contributed by atoms with Crippen molar-refractivity contribution in [2.45, 2.75) is 4.90 Å². The van der Waals surface area contributed by atoms with Gasteiger partial charge in [0.1, 0.15) is 4.90 Å². The molecule has 1 aromatic rings. The number of nitrogens with zero attached hydrogens (tertiary/aromatic N) is 3. The molecule has 0 unspecified atom stereocenters. The summed E-state index contributed by atoms with van der Waals surface area (Å²) in [5.41, 5.74) is 0.190. The van der Waals surface area contributed by atoms with Crippen LogP contribution in [0.15, 0.2) is 23.1 Å². The average molecular weight is 497 g/mol. The number of carbonyl (C=O) groups is 2. The molecule has 1 N–H and O–H groups in total. The lowest BCUT2D eigenvalue weighted by Crippen LogP contribution is -2.42. The van der Waals surface area contributed by atoms with Crippen LogP contribution < -0.4 is 5.32 Å². The number of benzene rings is 1. The molecule has 1 aliphatic heterocycles. The summed E-state index contributed by atoms with van der Waals surface area (Å²) in [5.74, 6) is -1.16. The Morgan fingerprint density at radius 2 is 1.74 bits per heavy atom. The number of halogens is 1. The van der Waals surface area contributed by atoms with Gasteiger partial charge in [0.15, 0.2) is 0 Å². The van der Waals surface area contributed by atoms with Crippen LogP contribution in [0.3, 0.4) is 0 Å². The SMILES string of the molecule is CN(CC(=O)Nc1ccc(Cl)c(S(=O)(=O)N2CCOCC2)c1)C(=O)CN(C)S(C)(=O)=O. The first-order valence-electron chi connectivity index (χ1n) is 9.15. The normalized spacial score (nSPS) is 15.6. The fraction of sp³-hybridized carbons (Fsp3) is 0.529. The molecule has 0 aliphatic carbocycles. The highest BCUT2D eigenvalue weighted by atomic mass is 35.5. The van der Waals surface area contributed by atoms with E-state index in [9.17, 15) is 26.4 Å². The Kier molecular flexibility index (Phi) is 8.41. The van der Waals surface area contributed by atoms with E-state index in [4.69, 9.17) is 16.3 Å². The van der Waals surface area contributed by atoms with Gasteiger partial charge < -0.3 is 15.0 Å². The number of anilines is 1. The third-order valence-corrected chi connectivity index (χ3v) is 8.18. The third kappa shape index (κ3) is 6.85. The minimum absolute atomic E-state index is 0.0144. The molecule has 174 valence electrons. The predicted octanol–water partition coefficient (Wildman–Crippen LogP) is -0.351. The lowest BCUT2D eigenvalue weighted by atomic mass is 10.3. The van der Waals surface area contributed by atoms with E-state index in [0.29, 0.717) is 0 Å². The fourth-order valence-electron chi connectivity index (χ4n) is 2.64. The van der Waals surface area contributed by atoms with Crippen molar-refractivity contribution in [3.05, 3.63) is 23.2 Å². The van der Waals surface area contributed by atoms with E-state index in [1.54, 1.807) is 0 Å². The first-order valence-corrected chi connectivity index (χ1v) is 12.8. The fourth-order valence-corrected chi connectivity index (χ4v) is 4.89. The highest BCUT2D eigenvalue weighted by Gasteiger charge is 2.29. The van der Waals surface area contributed by atoms with Crippen molar-refractivity contribution in [1.82, 2.24) is 13.5 Å². The molecule has 14 heteroatoms. The molecule has 11 nitrogen and oxygen atoms in total. The Morgan fingerprint density at radius 1 is 1.13 bits per heavy atom. The second kappa shape index (κ2) is 10.2. The molecule has 2 rings (SSSR count). The number of sulfonamides is 2. The summed E-state index contributed by atoms with van der Waals surface area (Å²) in [7, 11) is -4.80. The zero-order valence-electron chi connectivity index (χ0n) is 17.4. The van der Waals surface area contributed by atoms with Crippen LogP contribution in [-0.4, -0.2) is 102 Å². The maximum Gasteiger partial charge on any atom is 0.244 e. The maximum atomic E-state index is 12.9. The largest absolute Gasteiger partial charge is 0.379 e. The number of carbonyl (C=O) groups excluding carboxylic acids is 2. The Labute approximate surface area is 187 Å². The molecule has 1 aromatic carbocycles. The van der Waals surface area contributed by atoms with E-state index < -0.39 is 38.4 Å². The first-order chi connectivity index (χ1) is 14.3. The number of ether oxygens (including phenoxy) is 1. The number of likely N-dealkylation sites (N-methyl/N-ethyl adjacent to an activating group) is 2. The second-order valence-corrected chi connectivity index (χ2v) is 11.4. The summed E-state index contributed by atoms with van der Waals surface area (Å²) in [6.07, 6.45) is 0.968. The van der Waals surface area contributed by atoms with Crippen molar-refractivity contribution in [3.63, 3.8) is 0 Å². The molecule has 1 heterocycles. The van der Waals surface area contributed by atoms with E-state index in [-0.39, 0.29) is 48.5 Å². The summed E-state index contributed by atoms with van der Waals surface area (Å²) in [6.45, 7) is 0.189. The standard InChI is InChI=1S/C17H25ClN4O7S2/c1-20(17(24)12-21(2)30(3,25)26)11-16(23)19-13-4-5-14(18)15(10-13)31(27,28)22-6-8-29-9-7-22/h4-5,10H,6-9,11-12H2,1-3H3,(H,19,23). The van der Waals surface area contributed by atoms with Crippen LogP contribution in [0, 0.1) is 0 Å². The summed E-state index contributed by atoms with van der Waals surface area (Å²) < 4.78 is 55.8. The molecule has 0 atom stereocenters. The maximum absolute atomic E-state index is 12.9. The Bertz CT molecular complexity index is 1040. The number of hydrogen-bond donors (Lipinski definition) is 1. The number of amides is 2. The summed E-state index contributed by atoms with van der Waals surface area (Å²) in [5, 5.41) is 2.54. The molecular weight excluding hydrogens is 472 g/mol. The molecule has 31 heavy (non-hydrogen) atoms. The number of morpholine rings is 1. The number of rotatable bonds is 8. The van der Waals surface area contributed by atoms with E-state index in [0.717, 1.165) is 15.5 Å². The molecule has 1 aliphatic rings. The minimum atomic E-state index is -3.87. The summed E-state index contributed by atoms with van der Waals surface area (Å²) in [6, 6.07) is 4.06. The van der Waals surface area contributed by atoms with Gasteiger partial charge >= 0.3 is 0 Å². The smallest absolute Gasteiger partial charge is 0.244 e. The zero-order chi connectivity index (χ0) is 23.4. The van der Waals surface area contributed by atoms with Crippen LogP contribution >= 0.6 is 11.6 Å². The number of nitrogens with one attached hydrogen (secondary N) is 1. The van der Waals surface area contributed by atoms with Crippen LogP contribution in [-0.2, 0) is 34.4 Å². The zero-order valence-corrected chi connectivity index (χ0v) is 19.8. The van der Waals surface area contributed by atoms with Crippen molar-refractivity contribution in [3.8, 4) is 0 Å². The molecule has 0 bridgehead atoms. The highest BCUT2D eigenvalue weighted by molar-refractivity contribution is 7.89. The van der Waals surface area contributed by atoms with E-state index in [1.165, 1.54) is 36.6 Å². The first kappa shape index (κ1) is 25.5. The number of hydrogen-bond acceptors (Lipinski definition) is 7. The monoisotopic (exact) mass is 496 g/mol. The van der Waals surface area contributed by atoms with Crippen LogP contribution in [0.2, 0.25) is 5.02 Å². The van der Waals surface area contributed by atoms with Gasteiger partial charge in [0, 0.05) is 32.9 Å². The van der Waals surface area contributed by atoms with E-state index in [1.807, 2.05) is 0 Å². The lowest BCUT2D eigenvalue weighted by molar-refractivity contribution is -0.133. The topological polar surface area (TPSA) is 133 Å². The van der Waals surface area contributed by atoms with Gasteiger partial charge in [-0.3, -0.25) is 9.59 Å². The molecule has 0 spiro atoms. The van der Waals surface area contributed by atoms with Crippen molar-refractivity contribution < 1.29 is 31.2 Å². The van der Waals surface area contributed by atoms with Crippen molar-refractivity contribution in [2.24, 2.45) is 0 Å². The van der Waals surface area contributed by atoms with Crippen molar-refractivity contribution >= 4 is 49.1 Å². The summed E-state index contributed by atoms with van der Waals surface area (Å²) >= 11 is 6.09. The molecule has 1 saturated heterocycles. The van der Waals surface area contributed by atoms with Gasteiger partial charge in [-0.25, -0.2) is 16.8 Å². The van der Waals surface area contributed by atoms with Crippen LogP contribution in [0.5, 0.6) is 0 Å². The van der Waals surface area contributed by atoms with Gasteiger partial charge in [0.25, 0.3) is 0 Å². The predicted molar refractivity (Wildman–Crippen MR) is 115 cm³/mol.